The molecule has 146 valence electrons. The van der Waals surface area contributed by atoms with Gasteiger partial charge in [0.15, 0.2) is 5.82 Å². The molecule has 0 atom stereocenters. The standard InChI is InChI=1S/C18H17N9O2/c1-12-7-13(2)27(23-12)15-3-4-18(29)26(24-15)9-17(28)22-14-8-16(21-10-20-14)25-6-5-19-11-25/h3-8,10-11H,9H2,1-2H3,(H,20,21,22,28). The Morgan fingerprint density at radius 3 is 2.69 bits per heavy atom. The van der Waals surface area contributed by atoms with E-state index in [1.54, 1.807) is 40.1 Å². The lowest BCUT2D eigenvalue weighted by Gasteiger charge is -2.09. The zero-order chi connectivity index (χ0) is 20.4. The highest BCUT2D eigenvalue weighted by Crippen LogP contribution is 2.09. The van der Waals surface area contributed by atoms with Gasteiger partial charge in [0.05, 0.1) is 5.69 Å². The van der Waals surface area contributed by atoms with E-state index in [4.69, 9.17) is 0 Å². The number of hydrogen-bond donors (Lipinski definition) is 1. The molecule has 1 N–H and O–H groups in total. The maximum Gasteiger partial charge on any atom is 0.267 e. The van der Waals surface area contributed by atoms with Crippen LogP contribution in [0.4, 0.5) is 5.82 Å². The molecule has 0 aliphatic carbocycles. The normalized spacial score (nSPS) is 10.8. The average molecular weight is 391 g/mol. The number of amides is 1. The summed E-state index contributed by atoms with van der Waals surface area (Å²) in [6, 6.07) is 6.42. The molecule has 0 unspecified atom stereocenters. The SMILES string of the molecule is Cc1cc(C)n(-c2ccc(=O)n(CC(=O)Nc3cc(-n4ccnc4)ncn3)n2)n1. The highest BCUT2D eigenvalue weighted by atomic mass is 16.2. The van der Waals surface area contributed by atoms with E-state index in [-0.39, 0.29) is 6.54 Å². The van der Waals surface area contributed by atoms with E-state index in [1.807, 2.05) is 19.9 Å². The molecule has 0 aliphatic rings. The topological polar surface area (TPSA) is 125 Å². The van der Waals surface area contributed by atoms with Crippen LogP contribution in [0.2, 0.25) is 0 Å². The van der Waals surface area contributed by atoms with Crippen molar-refractivity contribution in [3.05, 3.63) is 71.1 Å². The molecule has 0 aliphatic heterocycles. The molecule has 0 spiro atoms. The minimum Gasteiger partial charge on any atom is -0.309 e. The van der Waals surface area contributed by atoms with Crippen LogP contribution in [0.5, 0.6) is 0 Å². The lowest BCUT2D eigenvalue weighted by molar-refractivity contribution is -0.117. The first-order valence-electron chi connectivity index (χ1n) is 8.71. The predicted octanol–water partition coefficient (Wildman–Crippen LogP) is 0.660. The molecule has 4 heterocycles. The van der Waals surface area contributed by atoms with Gasteiger partial charge in [-0.25, -0.2) is 24.3 Å². The number of imidazole rings is 1. The largest absolute Gasteiger partial charge is 0.309 e. The van der Waals surface area contributed by atoms with Gasteiger partial charge in [0, 0.05) is 30.2 Å². The van der Waals surface area contributed by atoms with Crippen molar-refractivity contribution in [2.24, 2.45) is 0 Å². The van der Waals surface area contributed by atoms with Crippen molar-refractivity contribution in [1.82, 2.24) is 39.1 Å². The van der Waals surface area contributed by atoms with Crippen molar-refractivity contribution >= 4 is 11.7 Å². The lowest BCUT2D eigenvalue weighted by Crippen LogP contribution is -2.30. The van der Waals surface area contributed by atoms with Crippen molar-refractivity contribution in [3.63, 3.8) is 0 Å². The van der Waals surface area contributed by atoms with Gasteiger partial charge in [0.1, 0.15) is 30.8 Å². The van der Waals surface area contributed by atoms with Crippen molar-refractivity contribution in [2.45, 2.75) is 20.4 Å². The van der Waals surface area contributed by atoms with Crippen LogP contribution in [0.15, 0.2) is 54.1 Å². The van der Waals surface area contributed by atoms with Crippen LogP contribution in [0.3, 0.4) is 0 Å². The van der Waals surface area contributed by atoms with E-state index in [2.05, 4.69) is 30.5 Å². The minimum absolute atomic E-state index is 0.267. The summed E-state index contributed by atoms with van der Waals surface area (Å²) in [6.07, 6.45) is 6.26. The van der Waals surface area contributed by atoms with E-state index in [0.29, 0.717) is 17.5 Å². The molecule has 0 saturated heterocycles. The molecule has 11 heteroatoms. The molecule has 4 rings (SSSR count). The Bertz CT molecular complexity index is 1220. The fourth-order valence-electron chi connectivity index (χ4n) is 2.79. The van der Waals surface area contributed by atoms with E-state index in [1.165, 1.54) is 12.4 Å². The molecular formula is C18H17N9O2. The number of aromatic nitrogens is 8. The highest BCUT2D eigenvalue weighted by molar-refractivity contribution is 5.89. The number of nitrogens with one attached hydrogen (secondary N) is 1. The number of nitrogens with zero attached hydrogens (tertiary/aromatic N) is 8. The minimum atomic E-state index is -0.444. The van der Waals surface area contributed by atoms with E-state index in [0.717, 1.165) is 16.1 Å². The zero-order valence-corrected chi connectivity index (χ0v) is 15.7. The third-order valence-corrected chi connectivity index (χ3v) is 4.06. The Morgan fingerprint density at radius 1 is 1.10 bits per heavy atom. The summed E-state index contributed by atoms with van der Waals surface area (Å²) >= 11 is 0. The van der Waals surface area contributed by atoms with Crippen LogP contribution in [0.1, 0.15) is 11.4 Å². The Hall–Kier alpha value is -4.15. The van der Waals surface area contributed by atoms with E-state index >= 15 is 0 Å². The summed E-state index contributed by atoms with van der Waals surface area (Å²) in [7, 11) is 0. The van der Waals surface area contributed by atoms with Crippen LogP contribution in [0, 0.1) is 13.8 Å². The van der Waals surface area contributed by atoms with Gasteiger partial charge in [-0.2, -0.15) is 5.10 Å². The number of carbonyl (C=O) groups excluding carboxylic acids is 1. The second kappa shape index (κ2) is 7.46. The first-order valence-corrected chi connectivity index (χ1v) is 8.71. The van der Waals surface area contributed by atoms with Gasteiger partial charge in [-0.05, 0) is 26.0 Å². The molecule has 1 amide bonds. The fourth-order valence-corrected chi connectivity index (χ4v) is 2.79. The third kappa shape index (κ3) is 3.93. The summed E-state index contributed by atoms with van der Waals surface area (Å²) in [6.45, 7) is 3.49. The van der Waals surface area contributed by atoms with Crippen molar-refractivity contribution in [2.75, 3.05) is 5.32 Å². The van der Waals surface area contributed by atoms with Gasteiger partial charge in [-0.3, -0.25) is 14.2 Å². The van der Waals surface area contributed by atoms with Crippen molar-refractivity contribution in [1.29, 1.82) is 0 Å². The Morgan fingerprint density at radius 2 is 1.97 bits per heavy atom. The molecule has 0 bridgehead atoms. The highest BCUT2D eigenvalue weighted by Gasteiger charge is 2.11. The Balaban J connectivity index is 1.53. The lowest BCUT2D eigenvalue weighted by atomic mass is 10.4. The van der Waals surface area contributed by atoms with E-state index < -0.39 is 11.5 Å². The first kappa shape index (κ1) is 18.2. The monoisotopic (exact) mass is 391 g/mol. The Labute approximate surface area is 164 Å². The van der Waals surface area contributed by atoms with Crippen LogP contribution >= 0.6 is 0 Å². The summed E-state index contributed by atoms with van der Waals surface area (Å²) < 4.78 is 4.38. The fraction of sp³-hybridized carbons (Fsp3) is 0.167. The summed E-state index contributed by atoms with van der Waals surface area (Å²) in [5.74, 6) is 0.860. The number of carbonyl (C=O) groups is 1. The summed E-state index contributed by atoms with van der Waals surface area (Å²) in [5, 5.41) is 11.2. The quantitative estimate of drug-likeness (QED) is 0.530. The number of aryl methyl sites for hydroxylation is 2. The van der Waals surface area contributed by atoms with Crippen molar-refractivity contribution < 1.29 is 4.79 Å². The third-order valence-electron chi connectivity index (χ3n) is 4.06. The maximum absolute atomic E-state index is 12.4. The first-order chi connectivity index (χ1) is 14.0. The second-order valence-electron chi connectivity index (χ2n) is 6.31. The molecule has 0 fully saturated rings. The zero-order valence-electron chi connectivity index (χ0n) is 15.7. The summed E-state index contributed by atoms with van der Waals surface area (Å²) in [5.41, 5.74) is 1.31. The summed E-state index contributed by atoms with van der Waals surface area (Å²) in [4.78, 5) is 36.7. The molecule has 0 saturated carbocycles. The molecule has 0 aromatic carbocycles. The molecular weight excluding hydrogens is 374 g/mol. The molecule has 4 aromatic rings. The van der Waals surface area contributed by atoms with Gasteiger partial charge in [-0.1, -0.05) is 0 Å². The smallest absolute Gasteiger partial charge is 0.267 e. The molecule has 0 radical (unpaired) electrons. The van der Waals surface area contributed by atoms with Gasteiger partial charge < -0.3 is 5.32 Å². The van der Waals surface area contributed by atoms with Crippen LogP contribution < -0.4 is 10.9 Å². The van der Waals surface area contributed by atoms with Crippen LogP contribution in [-0.4, -0.2) is 45.0 Å². The van der Waals surface area contributed by atoms with Crippen molar-refractivity contribution in [3.8, 4) is 11.6 Å². The number of hydrogen-bond acceptors (Lipinski definition) is 7. The molecule has 4 aromatic heterocycles. The van der Waals surface area contributed by atoms with Crippen LogP contribution in [-0.2, 0) is 11.3 Å². The Kier molecular flexibility index (Phi) is 4.69. The molecule has 29 heavy (non-hydrogen) atoms. The average Bonchev–Trinajstić information content (AvgIpc) is 3.33. The maximum atomic E-state index is 12.4. The predicted molar refractivity (Wildman–Crippen MR) is 103 cm³/mol. The van der Waals surface area contributed by atoms with Gasteiger partial charge in [-0.15, -0.1) is 5.10 Å². The van der Waals surface area contributed by atoms with Gasteiger partial charge >= 0.3 is 0 Å². The van der Waals surface area contributed by atoms with Gasteiger partial charge in [0.2, 0.25) is 5.91 Å². The number of rotatable bonds is 5. The van der Waals surface area contributed by atoms with Gasteiger partial charge in [0.25, 0.3) is 5.56 Å². The van der Waals surface area contributed by atoms with E-state index in [9.17, 15) is 9.59 Å². The number of anilines is 1. The second-order valence-corrected chi connectivity index (χ2v) is 6.31. The van der Waals surface area contributed by atoms with Crippen LogP contribution in [0.25, 0.3) is 11.6 Å². The molecule has 11 nitrogen and oxygen atoms in total.